The highest BCUT2D eigenvalue weighted by Crippen LogP contribution is 2.52. The number of carbonyl (C=O) groups is 2. The minimum absolute atomic E-state index is 0.159. The van der Waals surface area contributed by atoms with Crippen molar-refractivity contribution < 1.29 is 9.59 Å². The molecule has 2 aliphatic heterocycles. The van der Waals surface area contributed by atoms with Crippen LogP contribution in [0, 0.1) is 5.92 Å². The van der Waals surface area contributed by atoms with Gasteiger partial charge in [0.05, 0.1) is 16.6 Å². The topological polar surface area (TPSA) is 70.2 Å². The van der Waals surface area contributed by atoms with Crippen LogP contribution in [0.5, 0.6) is 0 Å². The van der Waals surface area contributed by atoms with Crippen molar-refractivity contribution in [1.82, 2.24) is 4.98 Å². The van der Waals surface area contributed by atoms with Crippen LogP contribution >= 0.6 is 23.1 Å². The second-order valence-corrected chi connectivity index (χ2v) is 8.67. The molecule has 27 heavy (non-hydrogen) atoms. The Morgan fingerprint density at radius 1 is 0.852 bits per heavy atom. The van der Waals surface area contributed by atoms with Gasteiger partial charge in [0.15, 0.2) is 0 Å². The molecule has 0 spiro atoms. The maximum absolute atomic E-state index is 13.4. The third-order valence-electron chi connectivity index (χ3n) is 5.00. The molecule has 0 bridgehead atoms. The van der Waals surface area contributed by atoms with Gasteiger partial charge in [-0.05, 0) is 17.7 Å². The lowest BCUT2D eigenvalue weighted by Crippen LogP contribution is -2.32. The largest absolute Gasteiger partial charge is 0.307 e. The Hall–Kier alpha value is -2.64. The van der Waals surface area contributed by atoms with E-state index in [0.29, 0.717) is 10.7 Å². The van der Waals surface area contributed by atoms with Crippen LogP contribution in [-0.2, 0) is 9.59 Å². The number of nitrogens with one attached hydrogen (secondary N) is 1. The van der Waals surface area contributed by atoms with Gasteiger partial charge >= 0.3 is 4.87 Å². The number of anilines is 1. The lowest BCUT2D eigenvalue weighted by Gasteiger charge is -2.29. The zero-order valence-electron chi connectivity index (χ0n) is 14.0. The van der Waals surface area contributed by atoms with Gasteiger partial charge in [0.2, 0.25) is 11.8 Å². The van der Waals surface area contributed by atoms with Crippen LogP contribution in [0.25, 0.3) is 0 Å². The molecule has 7 heteroatoms. The number of thioether (sulfide) groups is 1. The number of aromatic amines is 1. The normalized spacial score (nSPS) is 24.0. The fourth-order valence-corrected chi connectivity index (χ4v) is 6.38. The van der Waals surface area contributed by atoms with E-state index in [1.54, 1.807) is 12.1 Å². The average molecular weight is 394 g/mol. The molecule has 2 amide bonds. The molecule has 3 heterocycles. The van der Waals surface area contributed by atoms with Crippen molar-refractivity contribution in [1.29, 1.82) is 0 Å². The SMILES string of the molecule is O=C1[C@H]2[C@@H](c3ccccc3)c3sc(=O)[nH]c3S[C@H]2C(=O)N1c1ccccc1. The smallest absolute Gasteiger partial charge is 0.305 e. The van der Waals surface area contributed by atoms with E-state index in [2.05, 4.69) is 4.98 Å². The highest BCUT2D eigenvalue weighted by Gasteiger charge is 2.56. The van der Waals surface area contributed by atoms with E-state index in [0.717, 1.165) is 21.8 Å². The number of carbonyl (C=O) groups excluding carboxylic acids is 2. The molecule has 0 radical (unpaired) electrons. The molecule has 0 unspecified atom stereocenters. The molecular weight excluding hydrogens is 380 g/mol. The second-order valence-electron chi connectivity index (χ2n) is 6.51. The Balaban J connectivity index is 1.67. The molecule has 0 aliphatic carbocycles. The number of H-pyrrole nitrogens is 1. The number of para-hydroxylation sites is 1. The minimum Gasteiger partial charge on any atom is -0.307 e. The van der Waals surface area contributed by atoms with Crippen LogP contribution in [0.4, 0.5) is 5.69 Å². The lowest BCUT2D eigenvalue weighted by molar-refractivity contribution is -0.122. The van der Waals surface area contributed by atoms with Gasteiger partial charge in [-0.3, -0.25) is 14.4 Å². The van der Waals surface area contributed by atoms with Crippen LogP contribution in [-0.4, -0.2) is 22.0 Å². The van der Waals surface area contributed by atoms with Crippen molar-refractivity contribution in [2.75, 3.05) is 4.90 Å². The summed E-state index contributed by atoms with van der Waals surface area (Å²) < 4.78 is 0. The number of thiazole rings is 1. The lowest BCUT2D eigenvalue weighted by atomic mass is 9.83. The Kier molecular flexibility index (Phi) is 3.80. The highest BCUT2D eigenvalue weighted by atomic mass is 32.2. The highest BCUT2D eigenvalue weighted by molar-refractivity contribution is 8.00. The number of imide groups is 1. The molecular formula is C20H14N2O3S2. The molecule has 5 nitrogen and oxygen atoms in total. The second kappa shape index (κ2) is 6.21. The van der Waals surface area contributed by atoms with Gasteiger partial charge in [0.25, 0.3) is 0 Å². The molecule has 3 atom stereocenters. The number of aromatic nitrogens is 1. The van der Waals surface area contributed by atoms with Crippen molar-refractivity contribution in [3.8, 4) is 0 Å². The molecule has 5 rings (SSSR count). The third-order valence-corrected chi connectivity index (χ3v) is 7.40. The first-order valence-electron chi connectivity index (χ1n) is 8.52. The number of hydrogen-bond acceptors (Lipinski definition) is 5. The summed E-state index contributed by atoms with van der Waals surface area (Å²) in [5.41, 5.74) is 1.53. The first-order valence-corrected chi connectivity index (χ1v) is 10.2. The van der Waals surface area contributed by atoms with Crippen molar-refractivity contribution in [3.05, 3.63) is 80.8 Å². The molecule has 1 N–H and O–H groups in total. The van der Waals surface area contributed by atoms with Crippen molar-refractivity contribution in [2.45, 2.75) is 16.2 Å². The zero-order chi connectivity index (χ0) is 18.5. The predicted molar refractivity (Wildman–Crippen MR) is 105 cm³/mol. The molecule has 1 saturated heterocycles. The molecule has 1 aromatic heterocycles. The molecule has 2 aromatic carbocycles. The van der Waals surface area contributed by atoms with Crippen LogP contribution in [0.15, 0.2) is 70.5 Å². The summed E-state index contributed by atoms with van der Waals surface area (Å²) in [4.78, 5) is 43.3. The molecule has 1 fully saturated rings. The standard InChI is InChI=1S/C20H14N2O3S2/c23-18-14-13(11-7-3-1-4-8-11)15-17(21-20(25)27-15)26-16(14)19(24)22(18)12-9-5-2-6-10-12/h1-10,13-14,16H,(H,21,25)/t13-,14+,16-/m1/s1. The number of hydrogen-bond donors (Lipinski definition) is 1. The summed E-state index contributed by atoms with van der Waals surface area (Å²) in [5, 5.41) is 0.164. The maximum Gasteiger partial charge on any atom is 0.305 e. The molecule has 2 aliphatic rings. The third kappa shape index (κ3) is 2.49. The average Bonchev–Trinajstić information content (AvgIpc) is 3.18. The Morgan fingerprint density at radius 3 is 2.22 bits per heavy atom. The van der Waals surface area contributed by atoms with Gasteiger partial charge in [0.1, 0.15) is 5.25 Å². The Bertz CT molecular complexity index is 1090. The summed E-state index contributed by atoms with van der Waals surface area (Å²) in [6.07, 6.45) is 0. The molecule has 0 saturated carbocycles. The number of rotatable bonds is 2. The van der Waals surface area contributed by atoms with Crippen molar-refractivity contribution in [3.63, 3.8) is 0 Å². The quantitative estimate of drug-likeness (QED) is 0.678. The summed E-state index contributed by atoms with van der Waals surface area (Å²) in [7, 11) is 0. The Labute approximate surface area is 163 Å². The van der Waals surface area contributed by atoms with Crippen LogP contribution in [0.3, 0.4) is 0 Å². The van der Waals surface area contributed by atoms with Crippen molar-refractivity contribution >= 4 is 40.6 Å². The predicted octanol–water partition coefficient (Wildman–Crippen LogP) is 3.23. The number of fused-ring (bicyclic) bond motifs is 2. The number of amides is 2. The summed E-state index contributed by atoms with van der Waals surface area (Å²) in [6, 6.07) is 18.7. The van der Waals surface area contributed by atoms with Gasteiger partial charge in [-0.25, -0.2) is 4.90 Å². The van der Waals surface area contributed by atoms with Gasteiger partial charge in [-0.15, -0.1) is 0 Å². The molecule has 134 valence electrons. The van der Waals surface area contributed by atoms with E-state index in [9.17, 15) is 14.4 Å². The first kappa shape index (κ1) is 16.5. The zero-order valence-corrected chi connectivity index (χ0v) is 15.6. The van der Waals surface area contributed by atoms with Crippen molar-refractivity contribution in [2.24, 2.45) is 5.92 Å². The summed E-state index contributed by atoms with van der Waals surface area (Å²) in [5.74, 6) is -1.26. The Morgan fingerprint density at radius 2 is 1.52 bits per heavy atom. The van der Waals surface area contributed by atoms with E-state index in [1.165, 1.54) is 16.7 Å². The summed E-state index contributed by atoms with van der Waals surface area (Å²) >= 11 is 2.43. The van der Waals surface area contributed by atoms with E-state index in [-0.39, 0.29) is 22.6 Å². The van der Waals surface area contributed by atoms with Gasteiger partial charge in [-0.1, -0.05) is 71.6 Å². The van der Waals surface area contributed by atoms with Crippen LogP contribution in [0.2, 0.25) is 0 Å². The first-order chi connectivity index (χ1) is 13.1. The van der Waals surface area contributed by atoms with E-state index >= 15 is 0 Å². The number of nitrogens with zero attached hydrogens (tertiary/aromatic N) is 1. The summed E-state index contributed by atoms with van der Waals surface area (Å²) in [6.45, 7) is 0. The van der Waals surface area contributed by atoms with E-state index in [1.807, 2.05) is 48.5 Å². The van der Waals surface area contributed by atoms with E-state index < -0.39 is 11.2 Å². The fourth-order valence-electron chi connectivity index (χ4n) is 3.87. The number of benzene rings is 2. The van der Waals surface area contributed by atoms with Gasteiger partial charge in [-0.2, -0.15) is 0 Å². The van der Waals surface area contributed by atoms with Gasteiger partial charge in [0, 0.05) is 10.8 Å². The fraction of sp³-hybridized carbons (Fsp3) is 0.150. The van der Waals surface area contributed by atoms with Crippen LogP contribution < -0.4 is 9.77 Å². The van der Waals surface area contributed by atoms with Gasteiger partial charge < -0.3 is 4.98 Å². The van der Waals surface area contributed by atoms with E-state index in [4.69, 9.17) is 0 Å². The molecule has 3 aromatic rings. The maximum atomic E-state index is 13.4. The monoisotopic (exact) mass is 394 g/mol. The minimum atomic E-state index is -0.541. The van der Waals surface area contributed by atoms with Crippen LogP contribution in [0.1, 0.15) is 16.4 Å².